The van der Waals surface area contributed by atoms with Gasteiger partial charge in [-0.3, -0.25) is 4.79 Å². The quantitative estimate of drug-likeness (QED) is 0.903. The zero-order chi connectivity index (χ0) is 16.8. The molecule has 1 fully saturated rings. The maximum atomic E-state index is 12.5. The molecule has 2 heterocycles. The van der Waals surface area contributed by atoms with Gasteiger partial charge in [-0.15, -0.1) is 0 Å². The molecule has 0 atom stereocenters. The van der Waals surface area contributed by atoms with Gasteiger partial charge in [0.1, 0.15) is 17.8 Å². The third kappa shape index (κ3) is 4.29. The number of hydrogen-bond donors (Lipinski definition) is 1. The number of hydrogen-bond acceptors (Lipinski definition) is 5. The van der Waals surface area contributed by atoms with E-state index in [-0.39, 0.29) is 5.91 Å². The second-order valence-corrected chi connectivity index (χ2v) is 6.05. The Morgan fingerprint density at radius 2 is 1.88 bits per heavy atom. The van der Waals surface area contributed by atoms with Crippen molar-refractivity contribution in [1.29, 1.82) is 0 Å². The minimum atomic E-state index is -0.0170. The van der Waals surface area contributed by atoms with Crippen molar-refractivity contribution in [3.8, 4) is 0 Å². The lowest BCUT2D eigenvalue weighted by molar-refractivity contribution is 0.0658. The molecule has 0 saturated carbocycles. The van der Waals surface area contributed by atoms with E-state index in [0.717, 1.165) is 39.1 Å². The molecular formula is C18H23N5O. The maximum absolute atomic E-state index is 12.5. The average molecular weight is 325 g/mol. The smallest absolute Gasteiger partial charge is 0.272 e. The van der Waals surface area contributed by atoms with Crippen molar-refractivity contribution in [3.63, 3.8) is 0 Å². The summed E-state index contributed by atoms with van der Waals surface area (Å²) < 4.78 is 0. The Kier molecular flexibility index (Phi) is 5.38. The summed E-state index contributed by atoms with van der Waals surface area (Å²) in [7, 11) is 2.07. The van der Waals surface area contributed by atoms with Gasteiger partial charge in [-0.25, -0.2) is 9.97 Å². The normalized spacial score (nSPS) is 15.3. The third-order valence-corrected chi connectivity index (χ3v) is 4.24. The van der Waals surface area contributed by atoms with Crippen molar-refractivity contribution < 1.29 is 4.79 Å². The predicted molar refractivity (Wildman–Crippen MR) is 94.1 cm³/mol. The molecule has 3 rings (SSSR count). The Hall–Kier alpha value is -2.47. The number of aromatic nitrogens is 2. The van der Waals surface area contributed by atoms with Crippen LogP contribution in [0.4, 0.5) is 5.82 Å². The van der Waals surface area contributed by atoms with E-state index in [0.29, 0.717) is 11.5 Å². The molecular weight excluding hydrogens is 302 g/mol. The van der Waals surface area contributed by atoms with E-state index in [1.165, 1.54) is 11.9 Å². The number of nitrogens with one attached hydrogen (secondary N) is 1. The van der Waals surface area contributed by atoms with Crippen LogP contribution in [0, 0.1) is 0 Å². The first-order valence-electron chi connectivity index (χ1n) is 8.30. The number of carbonyl (C=O) groups is 1. The van der Waals surface area contributed by atoms with E-state index in [1.807, 2.05) is 23.1 Å². The van der Waals surface area contributed by atoms with Gasteiger partial charge in [-0.2, -0.15) is 0 Å². The number of anilines is 1. The molecule has 6 heteroatoms. The minimum Gasteiger partial charge on any atom is -0.370 e. The van der Waals surface area contributed by atoms with Crippen molar-refractivity contribution in [2.75, 3.05) is 45.1 Å². The molecule has 0 radical (unpaired) electrons. The summed E-state index contributed by atoms with van der Waals surface area (Å²) >= 11 is 0. The predicted octanol–water partition coefficient (Wildman–Crippen LogP) is 1.52. The van der Waals surface area contributed by atoms with Crippen LogP contribution in [0.2, 0.25) is 0 Å². The topological polar surface area (TPSA) is 61.4 Å². The van der Waals surface area contributed by atoms with Crippen LogP contribution < -0.4 is 5.32 Å². The average Bonchev–Trinajstić information content (AvgIpc) is 2.63. The summed E-state index contributed by atoms with van der Waals surface area (Å²) in [6.45, 7) is 4.06. The van der Waals surface area contributed by atoms with Gasteiger partial charge >= 0.3 is 0 Å². The van der Waals surface area contributed by atoms with Crippen LogP contribution >= 0.6 is 0 Å². The number of carbonyl (C=O) groups excluding carboxylic acids is 1. The van der Waals surface area contributed by atoms with E-state index >= 15 is 0 Å². The van der Waals surface area contributed by atoms with Crippen LogP contribution in [0.25, 0.3) is 0 Å². The molecule has 6 nitrogen and oxygen atoms in total. The van der Waals surface area contributed by atoms with Gasteiger partial charge in [0.05, 0.1) is 0 Å². The Morgan fingerprint density at radius 1 is 1.12 bits per heavy atom. The molecule has 24 heavy (non-hydrogen) atoms. The van der Waals surface area contributed by atoms with E-state index in [4.69, 9.17) is 0 Å². The van der Waals surface area contributed by atoms with Crippen LogP contribution in [-0.2, 0) is 6.42 Å². The van der Waals surface area contributed by atoms with Crippen LogP contribution in [-0.4, -0.2) is 65.4 Å². The van der Waals surface area contributed by atoms with Crippen molar-refractivity contribution in [2.45, 2.75) is 6.42 Å². The first-order valence-corrected chi connectivity index (χ1v) is 8.30. The van der Waals surface area contributed by atoms with Gasteiger partial charge in [0.25, 0.3) is 5.91 Å². The lowest BCUT2D eigenvalue weighted by atomic mass is 10.1. The number of likely N-dealkylation sites (N-methyl/N-ethyl adjacent to an activating group) is 1. The van der Waals surface area contributed by atoms with Crippen molar-refractivity contribution >= 4 is 11.7 Å². The highest BCUT2D eigenvalue weighted by Crippen LogP contribution is 2.10. The van der Waals surface area contributed by atoms with E-state index in [2.05, 4.69) is 39.4 Å². The Bertz CT molecular complexity index is 668. The molecule has 1 N–H and O–H groups in total. The summed E-state index contributed by atoms with van der Waals surface area (Å²) in [5, 5.41) is 3.27. The van der Waals surface area contributed by atoms with Crippen LogP contribution in [0.3, 0.4) is 0 Å². The molecule has 1 amide bonds. The van der Waals surface area contributed by atoms with Crippen molar-refractivity contribution in [2.24, 2.45) is 0 Å². The second-order valence-electron chi connectivity index (χ2n) is 6.05. The zero-order valence-corrected chi connectivity index (χ0v) is 14.0. The fraction of sp³-hybridized carbons (Fsp3) is 0.389. The number of benzene rings is 1. The molecule has 1 aliphatic heterocycles. The lowest BCUT2D eigenvalue weighted by Gasteiger charge is -2.32. The zero-order valence-electron chi connectivity index (χ0n) is 14.0. The van der Waals surface area contributed by atoms with Gasteiger partial charge in [0, 0.05) is 38.8 Å². The molecule has 0 unspecified atom stereocenters. The van der Waals surface area contributed by atoms with Gasteiger partial charge in [-0.1, -0.05) is 30.3 Å². The largest absolute Gasteiger partial charge is 0.370 e. The molecule has 0 bridgehead atoms. The summed E-state index contributed by atoms with van der Waals surface area (Å²) in [5.41, 5.74) is 1.73. The lowest BCUT2D eigenvalue weighted by Crippen LogP contribution is -2.47. The summed E-state index contributed by atoms with van der Waals surface area (Å²) in [6, 6.07) is 12.0. The Balaban J connectivity index is 1.56. The molecule has 1 aromatic carbocycles. The third-order valence-electron chi connectivity index (χ3n) is 4.24. The van der Waals surface area contributed by atoms with E-state index < -0.39 is 0 Å². The van der Waals surface area contributed by atoms with Crippen LogP contribution in [0.15, 0.2) is 42.7 Å². The number of nitrogens with zero attached hydrogens (tertiary/aromatic N) is 4. The maximum Gasteiger partial charge on any atom is 0.272 e. The monoisotopic (exact) mass is 325 g/mol. The first kappa shape index (κ1) is 16.4. The standard InChI is InChI=1S/C18H23N5O/c1-22-9-11-23(12-10-22)18(24)16-13-17(21-14-20-16)19-8-7-15-5-3-2-4-6-15/h2-6,13-14H,7-12H2,1H3,(H,19,20,21). The highest BCUT2D eigenvalue weighted by molar-refractivity contribution is 5.93. The van der Waals surface area contributed by atoms with Crippen LogP contribution in [0.5, 0.6) is 0 Å². The SMILES string of the molecule is CN1CCN(C(=O)c2cc(NCCc3ccccc3)ncn2)CC1. The summed E-state index contributed by atoms with van der Waals surface area (Å²) in [5.74, 6) is 0.676. The van der Waals surface area contributed by atoms with Gasteiger partial charge < -0.3 is 15.1 Å². The highest BCUT2D eigenvalue weighted by atomic mass is 16.2. The van der Waals surface area contributed by atoms with Crippen molar-refractivity contribution in [3.05, 3.63) is 54.0 Å². The Labute approximate surface area is 142 Å². The molecule has 0 aliphatic carbocycles. The fourth-order valence-corrected chi connectivity index (χ4v) is 2.72. The highest BCUT2D eigenvalue weighted by Gasteiger charge is 2.21. The number of rotatable bonds is 5. The minimum absolute atomic E-state index is 0.0170. The van der Waals surface area contributed by atoms with E-state index in [9.17, 15) is 4.79 Å². The molecule has 1 aromatic heterocycles. The molecule has 1 saturated heterocycles. The van der Waals surface area contributed by atoms with Crippen molar-refractivity contribution in [1.82, 2.24) is 19.8 Å². The fourth-order valence-electron chi connectivity index (χ4n) is 2.72. The molecule has 1 aliphatic rings. The Morgan fingerprint density at radius 3 is 2.62 bits per heavy atom. The number of piperazine rings is 1. The first-order chi connectivity index (χ1) is 11.7. The van der Waals surface area contributed by atoms with Gasteiger partial charge in [0.2, 0.25) is 0 Å². The van der Waals surface area contributed by atoms with Gasteiger partial charge in [-0.05, 0) is 19.0 Å². The van der Waals surface area contributed by atoms with Crippen LogP contribution in [0.1, 0.15) is 16.1 Å². The summed E-state index contributed by atoms with van der Waals surface area (Å²) in [6.07, 6.45) is 2.36. The number of amides is 1. The van der Waals surface area contributed by atoms with Gasteiger partial charge in [0.15, 0.2) is 0 Å². The second kappa shape index (κ2) is 7.88. The molecule has 0 spiro atoms. The summed E-state index contributed by atoms with van der Waals surface area (Å²) in [4.78, 5) is 25.0. The molecule has 2 aromatic rings. The van der Waals surface area contributed by atoms with E-state index in [1.54, 1.807) is 6.07 Å². The molecule has 126 valence electrons.